The largest absolute Gasteiger partial charge is 0.375 e. The van der Waals surface area contributed by atoms with Crippen molar-refractivity contribution < 1.29 is 9.53 Å². The molecule has 0 saturated heterocycles. The van der Waals surface area contributed by atoms with Crippen molar-refractivity contribution in [2.24, 2.45) is 0 Å². The third-order valence-electron chi connectivity index (χ3n) is 2.83. The van der Waals surface area contributed by atoms with Gasteiger partial charge in [0, 0.05) is 18.1 Å². The molecule has 0 radical (unpaired) electrons. The van der Waals surface area contributed by atoms with E-state index in [-0.39, 0.29) is 12.5 Å². The van der Waals surface area contributed by atoms with Gasteiger partial charge in [-0.1, -0.05) is 12.1 Å². The molecule has 0 fully saturated rings. The van der Waals surface area contributed by atoms with Crippen LogP contribution >= 0.6 is 11.3 Å². The van der Waals surface area contributed by atoms with Gasteiger partial charge in [-0.3, -0.25) is 10.1 Å². The average Bonchev–Trinajstić information content (AvgIpc) is 2.81. The fraction of sp³-hybridized carbons (Fsp3) is 0.286. The third-order valence-corrected chi connectivity index (χ3v) is 3.59. The Morgan fingerprint density at radius 2 is 2.16 bits per heavy atom. The first-order valence-electron chi connectivity index (χ1n) is 5.92. The summed E-state index contributed by atoms with van der Waals surface area (Å²) in [6.07, 6.45) is 0. The summed E-state index contributed by atoms with van der Waals surface area (Å²) in [5, 5.41) is 5.23. The fourth-order valence-corrected chi connectivity index (χ4v) is 2.39. The fourth-order valence-electron chi connectivity index (χ4n) is 1.65. The number of thiazole rings is 1. The van der Waals surface area contributed by atoms with Crippen LogP contribution in [0.25, 0.3) is 11.3 Å². The minimum atomic E-state index is -0.191. The zero-order chi connectivity index (χ0) is 13.8. The highest BCUT2D eigenvalue weighted by molar-refractivity contribution is 7.14. The van der Waals surface area contributed by atoms with E-state index in [4.69, 9.17) is 4.74 Å². The molecule has 19 heavy (non-hydrogen) atoms. The van der Waals surface area contributed by atoms with E-state index in [9.17, 15) is 4.79 Å². The molecule has 0 aliphatic carbocycles. The molecule has 0 unspecified atom stereocenters. The van der Waals surface area contributed by atoms with Crippen LogP contribution in [0.1, 0.15) is 11.1 Å². The number of carbonyl (C=O) groups is 1. The Morgan fingerprint density at radius 1 is 1.37 bits per heavy atom. The maximum Gasteiger partial charge on any atom is 0.252 e. The van der Waals surface area contributed by atoms with Crippen LogP contribution in [-0.4, -0.2) is 24.6 Å². The number of methoxy groups -OCH3 is 1. The molecular formula is C14H16N2O2S. The first-order chi connectivity index (χ1) is 9.10. The molecule has 1 heterocycles. The standard InChI is InChI=1S/C14H16N2O2S/c1-9-4-5-11(6-10(9)2)12-8-19-14(15-12)16-13(17)7-18-3/h4-6,8H,7H2,1-3H3,(H,15,16,17). The third kappa shape index (κ3) is 3.39. The Labute approximate surface area is 116 Å². The highest BCUT2D eigenvalue weighted by Crippen LogP contribution is 2.26. The van der Waals surface area contributed by atoms with E-state index >= 15 is 0 Å². The lowest BCUT2D eigenvalue weighted by Gasteiger charge is -2.02. The van der Waals surface area contributed by atoms with Gasteiger partial charge >= 0.3 is 0 Å². The van der Waals surface area contributed by atoms with Crippen LogP contribution in [0, 0.1) is 13.8 Å². The van der Waals surface area contributed by atoms with Crippen molar-refractivity contribution in [2.75, 3.05) is 19.0 Å². The lowest BCUT2D eigenvalue weighted by molar-refractivity contribution is -0.119. The highest BCUT2D eigenvalue weighted by atomic mass is 32.1. The molecule has 4 nitrogen and oxygen atoms in total. The van der Waals surface area contributed by atoms with Gasteiger partial charge < -0.3 is 4.74 Å². The van der Waals surface area contributed by atoms with Crippen LogP contribution in [0.15, 0.2) is 23.6 Å². The zero-order valence-electron chi connectivity index (χ0n) is 11.2. The molecule has 1 N–H and O–H groups in total. The number of carbonyl (C=O) groups excluding carboxylic acids is 1. The molecule has 5 heteroatoms. The minimum absolute atomic E-state index is 0.0402. The van der Waals surface area contributed by atoms with Gasteiger partial charge in [0.05, 0.1) is 5.69 Å². The maximum absolute atomic E-state index is 11.4. The van der Waals surface area contributed by atoms with E-state index in [0.29, 0.717) is 5.13 Å². The number of nitrogens with one attached hydrogen (secondary N) is 1. The van der Waals surface area contributed by atoms with E-state index in [2.05, 4.69) is 36.3 Å². The predicted octanol–water partition coefficient (Wildman–Crippen LogP) is 3.01. The zero-order valence-corrected chi connectivity index (χ0v) is 12.0. The van der Waals surface area contributed by atoms with Crippen molar-refractivity contribution >= 4 is 22.4 Å². The average molecular weight is 276 g/mol. The molecule has 0 saturated carbocycles. The molecule has 1 amide bonds. The van der Waals surface area contributed by atoms with E-state index in [1.165, 1.54) is 29.6 Å². The Morgan fingerprint density at radius 3 is 2.84 bits per heavy atom. The second-order valence-electron chi connectivity index (χ2n) is 4.32. The van der Waals surface area contributed by atoms with Crippen LogP contribution in [0.4, 0.5) is 5.13 Å². The summed E-state index contributed by atoms with van der Waals surface area (Å²) in [5.41, 5.74) is 4.43. The first kappa shape index (κ1) is 13.7. The van der Waals surface area contributed by atoms with E-state index in [1.54, 1.807) is 0 Å². The van der Waals surface area contributed by atoms with E-state index in [1.807, 2.05) is 11.4 Å². The van der Waals surface area contributed by atoms with Crippen molar-refractivity contribution in [2.45, 2.75) is 13.8 Å². The first-order valence-corrected chi connectivity index (χ1v) is 6.80. The summed E-state index contributed by atoms with van der Waals surface area (Å²) in [6, 6.07) is 6.22. The quantitative estimate of drug-likeness (QED) is 0.934. The molecule has 0 spiro atoms. The normalized spacial score (nSPS) is 10.5. The predicted molar refractivity (Wildman–Crippen MR) is 77.5 cm³/mol. The van der Waals surface area contributed by atoms with Gasteiger partial charge in [-0.2, -0.15) is 0 Å². The number of hydrogen-bond acceptors (Lipinski definition) is 4. The number of hydrogen-bond donors (Lipinski definition) is 1. The number of benzene rings is 1. The Bertz CT molecular complexity index is 593. The molecule has 0 aliphatic heterocycles. The molecule has 1 aromatic carbocycles. The van der Waals surface area contributed by atoms with Crippen LogP contribution in [0.5, 0.6) is 0 Å². The topological polar surface area (TPSA) is 51.2 Å². The summed E-state index contributed by atoms with van der Waals surface area (Å²) < 4.78 is 4.76. The second-order valence-corrected chi connectivity index (χ2v) is 5.18. The van der Waals surface area contributed by atoms with Gasteiger partial charge in [0.15, 0.2) is 5.13 Å². The molecule has 1 aromatic heterocycles. The number of aryl methyl sites for hydroxylation is 2. The summed E-state index contributed by atoms with van der Waals surface area (Å²) in [4.78, 5) is 15.8. The van der Waals surface area contributed by atoms with Crippen molar-refractivity contribution in [3.05, 3.63) is 34.7 Å². The van der Waals surface area contributed by atoms with Gasteiger partial charge in [-0.15, -0.1) is 11.3 Å². The van der Waals surface area contributed by atoms with E-state index < -0.39 is 0 Å². The number of amides is 1. The van der Waals surface area contributed by atoms with Gasteiger partial charge in [-0.25, -0.2) is 4.98 Å². The monoisotopic (exact) mass is 276 g/mol. The Kier molecular flexibility index (Phi) is 4.29. The SMILES string of the molecule is COCC(=O)Nc1nc(-c2ccc(C)c(C)c2)cs1. The number of rotatable bonds is 4. The van der Waals surface area contributed by atoms with Gasteiger partial charge in [-0.05, 0) is 31.0 Å². The van der Waals surface area contributed by atoms with E-state index in [0.717, 1.165) is 11.3 Å². The van der Waals surface area contributed by atoms with Crippen LogP contribution in [0.2, 0.25) is 0 Å². The van der Waals surface area contributed by atoms with Crippen LogP contribution < -0.4 is 5.32 Å². The second kappa shape index (κ2) is 5.95. The summed E-state index contributed by atoms with van der Waals surface area (Å²) in [7, 11) is 1.49. The van der Waals surface area contributed by atoms with Gasteiger partial charge in [0.1, 0.15) is 6.61 Å². The molecule has 0 atom stereocenters. The number of nitrogens with zero attached hydrogens (tertiary/aromatic N) is 1. The van der Waals surface area contributed by atoms with Crippen LogP contribution in [0.3, 0.4) is 0 Å². The minimum Gasteiger partial charge on any atom is -0.375 e. The summed E-state index contributed by atoms with van der Waals surface area (Å²) in [6.45, 7) is 4.20. The Balaban J connectivity index is 2.16. The molecule has 2 rings (SSSR count). The molecule has 100 valence electrons. The maximum atomic E-state index is 11.4. The molecule has 2 aromatic rings. The summed E-state index contributed by atoms with van der Waals surface area (Å²) in [5.74, 6) is -0.191. The summed E-state index contributed by atoms with van der Waals surface area (Å²) >= 11 is 1.41. The number of ether oxygens (including phenoxy) is 1. The lowest BCUT2D eigenvalue weighted by atomic mass is 10.1. The number of aromatic nitrogens is 1. The highest BCUT2D eigenvalue weighted by Gasteiger charge is 2.08. The lowest BCUT2D eigenvalue weighted by Crippen LogP contribution is -2.16. The van der Waals surface area contributed by atoms with Crippen LogP contribution in [-0.2, 0) is 9.53 Å². The molecule has 0 bridgehead atoms. The van der Waals surface area contributed by atoms with Crippen molar-refractivity contribution in [1.82, 2.24) is 4.98 Å². The van der Waals surface area contributed by atoms with Gasteiger partial charge in [0.2, 0.25) is 0 Å². The van der Waals surface area contributed by atoms with Gasteiger partial charge in [0.25, 0.3) is 5.91 Å². The van der Waals surface area contributed by atoms with Crippen molar-refractivity contribution in [3.63, 3.8) is 0 Å². The van der Waals surface area contributed by atoms with Crippen molar-refractivity contribution in [3.8, 4) is 11.3 Å². The number of anilines is 1. The van der Waals surface area contributed by atoms with Crippen molar-refractivity contribution in [1.29, 1.82) is 0 Å². The Hall–Kier alpha value is -1.72. The molecule has 0 aliphatic rings. The smallest absolute Gasteiger partial charge is 0.252 e. The molecular weight excluding hydrogens is 260 g/mol.